The van der Waals surface area contributed by atoms with Crippen LogP contribution in [-0.4, -0.2) is 17.8 Å². The number of alkyl carbamates (subject to hydrolysis) is 1. The van der Waals surface area contributed by atoms with Gasteiger partial charge in [-0.05, 0) is 58.7 Å². The van der Waals surface area contributed by atoms with Gasteiger partial charge in [0.15, 0.2) is 0 Å². The van der Waals surface area contributed by atoms with Crippen molar-refractivity contribution in [3.05, 3.63) is 29.8 Å². The summed E-state index contributed by atoms with van der Waals surface area (Å²) in [6.45, 7) is 11.6. The van der Waals surface area contributed by atoms with Crippen LogP contribution in [0.25, 0.3) is 0 Å². The van der Waals surface area contributed by atoms with Crippen molar-refractivity contribution in [2.24, 2.45) is 0 Å². The number of ether oxygens (including phenoxy) is 2. The summed E-state index contributed by atoms with van der Waals surface area (Å²) in [5.74, 6) is 0.834. The van der Waals surface area contributed by atoms with Gasteiger partial charge in [-0.25, -0.2) is 4.79 Å². The van der Waals surface area contributed by atoms with Crippen molar-refractivity contribution < 1.29 is 14.3 Å². The number of hydrogen-bond donors (Lipinski definition) is 1. The van der Waals surface area contributed by atoms with Crippen LogP contribution in [-0.2, 0) is 4.74 Å². The zero-order chi connectivity index (χ0) is 16.0. The van der Waals surface area contributed by atoms with Gasteiger partial charge in [-0.1, -0.05) is 19.1 Å². The fourth-order valence-electron chi connectivity index (χ4n) is 1.92. The Morgan fingerprint density at radius 1 is 1.19 bits per heavy atom. The summed E-state index contributed by atoms with van der Waals surface area (Å²) in [4.78, 5) is 11.9. The Balaban J connectivity index is 2.69. The maximum atomic E-state index is 11.9. The third kappa shape index (κ3) is 6.52. The normalized spacial score (nSPS) is 12.9. The van der Waals surface area contributed by atoms with E-state index in [0.29, 0.717) is 0 Å². The molecule has 1 aromatic rings. The molecule has 0 spiro atoms. The van der Waals surface area contributed by atoms with Gasteiger partial charge in [-0.15, -0.1) is 0 Å². The van der Waals surface area contributed by atoms with E-state index in [9.17, 15) is 4.79 Å². The fraction of sp³-hybridized carbons (Fsp3) is 0.588. The molecule has 0 fully saturated rings. The summed E-state index contributed by atoms with van der Waals surface area (Å²) in [5.41, 5.74) is 0.552. The zero-order valence-corrected chi connectivity index (χ0v) is 13.9. The molecule has 21 heavy (non-hydrogen) atoms. The first-order valence-corrected chi connectivity index (χ1v) is 7.47. The van der Waals surface area contributed by atoms with E-state index in [0.717, 1.165) is 17.7 Å². The first kappa shape index (κ1) is 17.3. The molecule has 1 rings (SSSR count). The number of carbonyl (C=O) groups excluding carboxylic acids is 1. The highest BCUT2D eigenvalue weighted by Crippen LogP contribution is 2.21. The standard InChI is InChI=1S/C17H27NO3/c1-7-15(18-16(19)21-17(4,5)6)13-8-10-14(11-9-13)20-12(2)3/h8-12,15H,7H2,1-6H3,(H,18,19). The largest absolute Gasteiger partial charge is 0.491 e. The van der Waals surface area contributed by atoms with Gasteiger partial charge in [-0.3, -0.25) is 0 Å². The molecule has 0 radical (unpaired) electrons. The van der Waals surface area contributed by atoms with E-state index in [-0.39, 0.29) is 12.1 Å². The Hall–Kier alpha value is -1.71. The highest BCUT2D eigenvalue weighted by Gasteiger charge is 2.19. The van der Waals surface area contributed by atoms with E-state index in [2.05, 4.69) is 5.32 Å². The topological polar surface area (TPSA) is 47.6 Å². The van der Waals surface area contributed by atoms with Crippen LogP contribution in [0.5, 0.6) is 5.75 Å². The van der Waals surface area contributed by atoms with E-state index in [4.69, 9.17) is 9.47 Å². The molecule has 0 aliphatic heterocycles. The third-order valence-electron chi connectivity index (χ3n) is 2.75. The molecule has 1 aromatic carbocycles. The second-order valence-corrected chi connectivity index (χ2v) is 6.34. The molecular weight excluding hydrogens is 266 g/mol. The van der Waals surface area contributed by atoms with Gasteiger partial charge >= 0.3 is 6.09 Å². The smallest absolute Gasteiger partial charge is 0.408 e. The number of rotatable bonds is 5. The lowest BCUT2D eigenvalue weighted by molar-refractivity contribution is 0.0502. The lowest BCUT2D eigenvalue weighted by Gasteiger charge is -2.23. The van der Waals surface area contributed by atoms with Crippen molar-refractivity contribution in [3.8, 4) is 5.75 Å². The molecule has 0 saturated heterocycles. The maximum Gasteiger partial charge on any atom is 0.408 e. The van der Waals surface area contributed by atoms with E-state index < -0.39 is 11.7 Å². The Labute approximate surface area is 127 Å². The first-order chi connectivity index (χ1) is 9.71. The lowest BCUT2D eigenvalue weighted by Crippen LogP contribution is -2.34. The minimum atomic E-state index is -0.489. The van der Waals surface area contributed by atoms with Gasteiger partial charge < -0.3 is 14.8 Å². The number of nitrogens with one attached hydrogen (secondary N) is 1. The monoisotopic (exact) mass is 293 g/mol. The van der Waals surface area contributed by atoms with Gasteiger partial charge in [0.2, 0.25) is 0 Å². The highest BCUT2D eigenvalue weighted by atomic mass is 16.6. The van der Waals surface area contributed by atoms with Gasteiger partial charge in [0.1, 0.15) is 11.4 Å². The van der Waals surface area contributed by atoms with Crippen molar-refractivity contribution >= 4 is 6.09 Å². The molecule has 118 valence electrons. The second-order valence-electron chi connectivity index (χ2n) is 6.34. The average molecular weight is 293 g/mol. The molecule has 0 aromatic heterocycles. The predicted molar refractivity (Wildman–Crippen MR) is 84.6 cm³/mol. The maximum absolute atomic E-state index is 11.9. The van der Waals surface area contributed by atoms with Crippen LogP contribution >= 0.6 is 0 Å². The van der Waals surface area contributed by atoms with Crippen LogP contribution in [0.1, 0.15) is 59.6 Å². The van der Waals surface area contributed by atoms with Gasteiger partial charge in [0.25, 0.3) is 0 Å². The number of hydrogen-bond acceptors (Lipinski definition) is 3. The van der Waals surface area contributed by atoms with Crippen LogP contribution in [0.2, 0.25) is 0 Å². The minimum absolute atomic E-state index is 0.0621. The van der Waals surface area contributed by atoms with E-state index >= 15 is 0 Å². The Kier molecular flexibility index (Phi) is 6.06. The van der Waals surface area contributed by atoms with Crippen LogP contribution in [0.15, 0.2) is 24.3 Å². The van der Waals surface area contributed by atoms with Crippen LogP contribution in [0.4, 0.5) is 4.79 Å². The lowest BCUT2D eigenvalue weighted by atomic mass is 10.0. The van der Waals surface area contributed by atoms with Crippen molar-refractivity contribution in [1.29, 1.82) is 0 Å². The van der Waals surface area contributed by atoms with Gasteiger partial charge in [0.05, 0.1) is 12.1 Å². The molecule has 1 unspecified atom stereocenters. The molecular formula is C17H27NO3. The fourth-order valence-corrected chi connectivity index (χ4v) is 1.92. The third-order valence-corrected chi connectivity index (χ3v) is 2.75. The minimum Gasteiger partial charge on any atom is -0.491 e. The molecule has 0 saturated carbocycles. The Bertz CT molecular complexity index is 446. The second kappa shape index (κ2) is 7.34. The molecule has 4 nitrogen and oxygen atoms in total. The molecule has 4 heteroatoms. The summed E-state index contributed by atoms with van der Waals surface area (Å²) in [6, 6.07) is 7.74. The van der Waals surface area contributed by atoms with E-state index in [1.54, 1.807) is 0 Å². The molecule has 0 aliphatic carbocycles. The number of amides is 1. The summed E-state index contributed by atoms with van der Waals surface area (Å²) in [5, 5.41) is 2.90. The molecule has 0 aliphatic rings. The average Bonchev–Trinajstić information content (AvgIpc) is 2.34. The Morgan fingerprint density at radius 2 is 1.76 bits per heavy atom. The van der Waals surface area contributed by atoms with Crippen LogP contribution in [0, 0.1) is 0 Å². The summed E-state index contributed by atoms with van der Waals surface area (Å²) < 4.78 is 10.9. The van der Waals surface area contributed by atoms with Crippen molar-refractivity contribution in [3.63, 3.8) is 0 Å². The quantitative estimate of drug-likeness (QED) is 0.872. The predicted octanol–water partition coefficient (Wildman–Crippen LogP) is 4.45. The Morgan fingerprint density at radius 3 is 2.19 bits per heavy atom. The first-order valence-electron chi connectivity index (χ1n) is 7.47. The van der Waals surface area contributed by atoms with E-state index in [1.807, 2.05) is 65.8 Å². The summed E-state index contributed by atoms with van der Waals surface area (Å²) in [7, 11) is 0. The van der Waals surface area contributed by atoms with Crippen LogP contribution < -0.4 is 10.1 Å². The van der Waals surface area contributed by atoms with Gasteiger partial charge in [-0.2, -0.15) is 0 Å². The SMILES string of the molecule is CCC(NC(=O)OC(C)(C)C)c1ccc(OC(C)C)cc1. The molecule has 0 heterocycles. The van der Waals surface area contributed by atoms with E-state index in [1.165, 1.54) is 0 Å². The highest BCUT2D eigenvalue weighted by molar-refractivity contribution is 5.68. The zero-order valence-electron chi connectivity index (χ0n) is 13.9. The van der Waals surface area contributed by atoms with Crippen molar-refractivity contribution in [2.45, 2.75) is 65.7 Å². The molecule has 0 bridgehead atoms. The number of carbonyl (C=O) groups is 1. The van der Waals surface area contributed by atoms with Crippen LogP contribution in [0.3, 0.4) is 0 Å². The van der Waals surface area contributed by atoms with Gasteiger partial charge in [0, 0.05) is 0 Å². The molecule has 1 N–H and O–H groups in total. The molecule has 1 atom stereocenters. The summed E-state index contributed by atoms with van der Waals surface area (Å²) in [6.07, 6.45) is 0.554. The van der Waals surface area contributed by atoms with Crippen molar-refractivity contribution in [2.75, 3.05) is 0 Å². The molecule has 1 amide bonds. The summed E-state index contributed by atoms with van der Waals surface area (Å²) >= 11 is 0. The number of benzene rings is 1. The van der Waals surface area contributed by atoms with Crippen molar-refractivity contribution in [1.82, 2.24) is 5.32 Å².